The lowest BCUT2D eigenvalue weighted by atomic mass is 10.1. The normalized spacial score (nSPS) is 16.8. The molecule has 0 atom stereocenters. The summed E-state index contributed by atoms with van der Waals surface area (Å²) in [4.78, 5) is 4.54. The third-order valence-electron chi connectivity index (χ3n) is 3.03. The zero-order valence-electron chi connectivity index (χ0n) is 10.8. The van der Waals surface area contributed by atoms with E-state index in [1.165, 1.54) is 0 Å². The predicted molar refractivity (Wildman–Crippen MR) is 72.3 cm³/mol. The van der Waals surface area contributed by atoms with E-state index < -0.39 is 0 Å². The molecule has 0 radical (unpaired) electrons. The van der Waals surface area contributed by atoms with Crippen LogP contribution in [0.2, 0.25) is 0 Å². The molecule has 0 aliphatic carbocycles. The number of ether oxygens (including phenoxy) is 2. The number of aryl methyl sites for hydroxylation is 1. The summed E-state index contributed by atoms with van der Waals surface area (Å²) in [5.41, 5.74) is 2.15. The van der Waals surface area contributed by atoms with Crippen molar-refractivity contribution in [3.63, 3.8) is 0 Å². The summed E-state index contributed by atoms with van der Waals surface area (Å²) < 4.78 is 11.3. The molecule has 1 saturated heterocycles. The fourth-order valence-electron chi connectivity index (χ4n) is 2.11. The molecule has 100 valence electrons. The van der Waals surface area contributed by atoms with Crippen molar-refractivity contribution in [2.45, 2.75) is 44.6 Å². The molecule has 1 fully saturated rings. The summed E-state index contributed by atoms with van der Waals surface area (Å²) >= 11 is 5.91. The lowest BCUT2D eigenvalue weighted by Gasteiger charge is -2.23. The molecule has 0 N–H and O–H groups in total. The van der Waals surface area contributed by atoms with Gasteiger partial charge in [-0.15, -0.1) is 11.6 Å². The summed E-state index contributed by atoms with van der Waals surface area (Å²) in [6.07, 6.45) is 4.15. The minimum atomic E-state index is 0.228. The molecule has 1 aromatic heterocycles. The number of hydrogen-bond donors (Lipinski definition) is 0. The van der Waals surface area contributed by atoms with Gasteiger partial charge < -0.3 is 9.47 Å². The van der Waals surface area contributed by atoms with Gasteiger partial charge in [-0.25, -0.2) is 4.98 Å². The minimum Gasteiger partial charge on any atom is -0.474 e. The van der Waals surface area contributed by atoms with E-state index in [9.17, 15) is 0 Å². The van der Waals surface area contributed by atoms with Crippen LogP contribution in [-0.4, -0.2) is 24.3 Å². The van der Waals surface area contributed by atoms with Gasteiger partial charge in [0.2, 0.25) is 5.88 Å². The number of alkyl halides is 1. The Kier molecular flexibility index (Phi) is 5.26. The Labute approximate surface area is 113 Å². The zero-order chi connectivity index (χ0) is 12.8. The average Bonchev–Trinajstić information content (AvgIpc) is 2.40. The first-order valence-electron chi connectivity index (χ1n) is 6.62. The number of rotatable bonds is 5. The quantitative estimate of drug-likeness (QED) is 0.769. The SMILES string of the molecule is CCCc1cc(CCl)cc(OC2CCOCC2)n1. The number of halogens is 1. The van der Waals surface area contributed by atoms with Gasteiger partial charge in [0.05, 0.1) is 13.2 Å². The summed E-state index contributed by atoms with van der Waals surface area (Å²) in [5.74, 6) is 1.21. The highest BCUT2D eigenvalue weighted by atomic mass is 35.5. The zero-order valence-corrected chi connectivity index (χ0v) is 11.6. The first-order valence-corrected chi connectivity index (χ1v) is 7.15. The molecule has 0 aromatic carbocycles. The molecule has 0 saturated carbocycles. The highest BCUT2D eigenvalue weighted by molar-refractivity contribution is 6.17. The van der Waals surface area contributed by atoms with Crippen LogP contribution in [0.1, 0.15) is 37.4 Å². The Morgan fingerprint density at radius 2 is 2.17 bits per heavy atom. The van der Waals surface area contributed by atoms with Crippen molar-refractivity contribution in [3.05, 3.63) is 23.4 Å². The van der Waals surface area contributed by atoms with E-state index in [0.29, 0.717) is 11.8 Å². The Morgan fingerprint density at radius 3 is 2.83 bits per heavy atom. The van der Waals surface area contributed by atoms with Gasteiger partial charge in [0.15, 0.2) is 0 Å². The van der Waals surface area contributed by atoms with E-state index in [2.05, 4.69) is 18.0 Å². The molecule has 0 bridgehead atoms. The summed E-state index contributed by atoms with van der Waals surface area (Å²) in [5, 5.41) is 0. The lowest BCUT2D eigenvalue weighted by Crippen LogP contribution is -2.26. The number of aromatic nitrogens is 1. The summed E-state index contributed by atoms with van der Waals surface area (Å²) in [7, 11) is 0. The first kappa shape index (κ1) is 13.6. The van der Waals surface area contributed by atoms with Crippen molar-refractivity contribution in [1.29, 1.82) is 0 Å². The van der Waals surface area contributed by atoms with Crippen LogP contribution in [0, 0.1) is 0 Å². The van der Waals surface area contributed by atoms with Gasteiger partial charge in [-0.1, -0.05) is 13.3 Å². The molecule has 0 amide bonds. The van der Waals surface area contributed by atoms with Crippen molar-refractivity contribution < 1.29 is 9.47 Å². The number of nitrogens with zero attached hydrogens (tertiary/aromatic N) is 1. The average molecular weight is 270 g/mol. The minimum absolute atomic E-state index is 0.228. The van der Waals surface area contributed by atoms with Crippen molar-refractivity contribution in [3.8, 4) is 5.88 Å². The molecule has 2 rings (SSSR count). The topological polar surface area (TPSA) is 31.4 Å². The van der Waals surface area contributed by atoms with Crippen LogP contribution in [0.3, 0.4) is 0 Å². The molecule has 1 aliphatic heterocycles. The van der Waals surface area contributed by atoms with E-state index in [1.54, 1.807) is 0 Å². The second-order valence-electron chi connectivity index (χ2n) is 4.62. The van der Waals surface area contributed by atoms with Crippen LogP contribution in [0.4, 0.5) is 0 Å². The van der Waals surface area contributed by atoms with Crippen LogP contribution in [0.5, 0.6) is 5.88 Å². The molecule has 18 heavy (non-hydrogen) atoms. The van der Waals surface area contributed by atoms with Gasteiger partial charge in [-0.3, -0.25) is 0 Å². The Bertz CT molecular complexity index is 378. The molecule has 1 aromatic rings. The summed E-state index contributed by atoms with van der Waals surface area (Å²) in [6, 6.07) is 4.01. The van der Waals surface area contributed by atoms with E-state index in [0.717, 1.165) is 50.2 Å². The van der Waals surface area contributed by atoms with Crippen LogP contribution in [-0.2, 0) is 17.0 Å². The van der Waals surface area contributed by atoms with Crippen molar-refractivity contribution in [1.82, 2.24) is 4.98 Å². The van der Waals surface area contributed by atoms with Gasteiger partial charge in [-0.2, -0.15) is 0 Å². The molecule has 4 heteroatoms. The largest absolute Gasteiger partial charge is 0.474 e. The highest BCUT2D eigenvalue weighted by Gasteiger charge is 2.16. The Morgan fingerprint density at radius 1 is 1.39 bits per heavy atom. The molecular weight excluding hydrogens is 250 g/mol. The highest BCUT2D eigenvalue weighted by Crippen LogP contribution is 2.20. The second kappa shape index (κ2) is 6.95. The third kappa shape index (κ3) is 3.85. The predicted octanol–water partition coefficient (Wildman–Crippen LogP) is 3.33. The molecular formula is C14H20ClNO2. The summed E-state index contributed by atoms with van der Waals surface area (Å²) in [6.45, 7) is 3.71. The molecule has 0 unspecified atom stereocenters. The van der Waals surface area contributed by atoms with Crippen molar-refractivity contribution in [2.75, 3.05) is 13.2 Å². The molecule has 0 spiro atoms. The number of hydrogen-bond acceptors (Lipinski definition) is 3. The standard InChI is InChI=1S/C14H20ClNO2/c1-2-3-12-8-11(10-15)9-14(16-12)18-13-4-6-17-7-5-13/h8-9,13H,2-7,10H2,1H3. The molecule has 3 nitrogen and oxygen atoms in total. The van der Waals surface area contributed by atoms with Gasteiger partial charge >= 0.3 is 0 Å². The van der Waals surface area contributed by atoms with Crippen molar-refractivity contribution in [2.24, 2.45) is 0 Å². The van der Waals surface area contributed by atoms with E-state index in [1.807, 2.05) is 6.07 Å². The lowest BCUT2D eigenvalue weighted by molar-refractivity contribution is 0.0236. The van der Waals surface area contributed by atoms with E-state index in [4.69, 9.17) is 21.1 Å². The molecule has 2 heterocycles. The van der Waals surface area contributed by atoms with Crippen LogP contribution in [0.15, 0.2) is 12.1 Å². The van der Waals surface area contributed by atoms with Gasteiger partial charge in [0, 0.05) is 30.5 Å². The van der Waals surface area contributed by atoms with Gasteiger partial charge in [-0.05, 0) is 18.1 Å². The second-order valence-corrected chi connectivity index (χ2v) is 4.89. The maximum atomic E-state index is 5.94. The van der Waals surface area contributed by atoms with Crippen molar-refractivity contribution >= 4 is 11.6 Å². The number of pyridine rings is 1. The van der Waals surface area contributed by atoms with E-state index in [-0.39, 0.29) is 6.10 Å². The third-order valence-corrected chi connectivity index (χ3v) is 3.34. The van der Waals surface area contributed by atoms with Crippen LogP contribution < -0.4 is 4.74 Å². The maximum Gasteiger partial charge on any atom is 0.214 e. The van der Waals surface area contributed by atoms with Gasteiger partial charge in [0.25, 0.3) is 0 Å². The smallest absolute Gasteiger partial charge is 0.214 e. The molecule has 1 aliphatic rings. The fraction of sp³-hybridized carbons (Fsp3) is 0.643. The van der Waals surface area contributed by atoms with Crippen LogP contribution >= 0.6 is 11.6 Å². The monoisotopic (exact) mass is 269 g/mol. The van der Waals surface area contributed by atoms with Gasteiger partial charge in [0.1, 0.15) is 6.10 Å². The van der Waals surface area contributed by atoms with E-state index >= 15 is 0 Å². The fourth-order valence-corrected chi connectivity index (χ4v) is 2.26. The first-order chi connectivity index (χ1) is 8.81. The Balaban J connectivity index is 2.07. The maximum absolute atomic E-state index is 5.94. The Hall–Kier alpha value is -0.800. The van der Waals surface area contributed by atoms with Crippen LogP contribution in [0.25, 0.3) is 0 Å².